The molecular weight excluding hydrogens is 256 g/mol. The Morgan fingerprint density at radius 2 is 2.30 bits per heavy atom. The number of dihydropyridines is 1. The summed E-state index contributed by atoms with van der Waals surface area (Å²) in [5.74, 6) is 0.731. The SMILES string of the molecule is CCOC(=O)N1CC2=CC(=O)CN=C2C(CC(C)C)C1. The molecule has 0 radical (unpaired) electrons. The number of likely N-dealkylation sites (tertiary alicyclic amines) is 1. The summed E-state index contributed by atoms with van der Waals surface area (Å²) in [6, 6.07) is 0. The summed E-state index contributed by atoms with van der Waals surface area (Å²) < 4.78 is 5.08. The standard InChI is InChI=1S/C15H22N2O3/c1-4-20-15(19)17-8-11(5-10(2)3)14-12(9-17)6-13(18)7-16-14/h6,10-11H,4-5,7-9H2,1-3H3. The Morgan fingerprint density at radius 3 is 2.95 bits per heavy atom. The predicted molar refractivity (Wildman–Crippen MR) is 76.9 cm³/mol. The van der Waals surface area contributed by atoms with E-state index in [4.69, 9.17) is 4.74 Å². The van der Waals surface area contributed by atoms with Crippen LogP contribution >= 0.6 is 0 Å². The lowest BCUT2D eigenvalue weighted by molar-refractivity contribution is -0.113. The molecule has 20 heavy (non-hydrogen) atoms. The summed E-state index contributed by atoms with van der Waals surface area (Å²) in [4.78, 5) is 29.6. The van der Waals surface area contributed by atoms with Crippen molar-refractivity contribution < 1.29 is 14.3 Å². The van der Waals surface area contributed by atoms with Gasteiger partial charge >= 0.3 is 6.09 Å². The molecule has 5 heteroatoms. The van der Waals surface area contributed by atoms with Gasteiger partial charge in [0.2, 0.25) is 0 Å². The van der Waals surface area contributed by atoms with Gasteiger partial charge in [0.15, 0.2) is 5.78 Å². The van der Waals surface area contributed by atoms with Crippen molar-refractivity contribution in [2.75, 3.05) is 26.2 Å². The highest BCUT2D eigenvalue weighted by molar-refractivity contribution is 6.12. The van der Waals surface area contributed by atoms with Crippen molar-refractivity contribution in [1.82, 2.24) is 4.90 Å². The second-order valence-corrected chi connectivity index (χ2v) is 5.74. The number of hydrogen-bond acceptors (Lipinski definition) is 4. The van der Waals surface area contributed by atoms with Crippen LogP contribution in [0.15, 0.2) is 16.6 Å². The number of nitrogens with zero attached hydrogens (tertiary/aromatic N) is 2. The van der Waals surface area contributed by atoms with Crippen LogP contribution in [0.25, 0.3) is 0 Å². The summed E-state index contributed by atoms with van der Waals surface area (Å²) in [6.45, 7) is 7.77. The highest BCUT2D eigenvalue weighted by atomic mass is 16.6. The van der Waals surface area contributed by atoms with Crippen LogP contribution in [-0.2, 0) is 9.53 Å². The van der Waals surface area contributed by atoms with E-state index in [0.29, 0.717) is 25.6 Å². The second-order valence-electron chi connectivity index (χ2n) is 5.74. The van der Waals surface area contributed by atoms with Crippen LogP contribution < -0.4 is 0 Å². The molecule has 0 N–H and O–H groups in total. The molecule has 0 aliphatic carbocycles. The topological polar surface area (TPSA) is 59.0 Å². The number of carbonyl (C=O) groups excluding carboxylic acids is 2. The minimum Gasteiger partial charge on any atom is -0.450 e. The summed E-state index contributed by atoms with van der Waals surface area (Å²) in [7, 11) is 0. The molecule has 0 aromatic heterocycles. The van der Waals surface area contributed by atoms with Crippen molar-refractivity contribution in [3.63, 3.8) is 0 Å². The van der Waals surface area contributed by atoms with Gasteiger partial charge in [-0.3, -0.25) is 9.79 Å². The largest absolute Gasteiger partial charge is 0.450 e. The van der Waals surface area contributed by atoms with Gasteiger partial charge < -0.3 is 9.64 Å². The molecule has 0 spiro atoms. The lowest BCUT2D eigenvalue weighted by Gasteiger charge is -2.36. The summed E-state index contributed by atoms with van der Waals surface area (Å²) in [5, 5.41) is 0. The molecule has 0 aromatic carbocycles. The number of aliphatic imine (C=N–C) groups is 1. The van der Waals surface area contributed by atoms with Crippen molar-refractivity contribution in [2.45, 2.75) is 27.2 Å². The zero-order chi connectivity index (χ0) is 14.7. The second kappa shape index (κ2) is 6.20. The lowest BCUT2D eigenvalue weighted by atomic mass is 9.84. The normalized spacial score (nSPS) is 22.3. The first-order valence-corrected chi connectivity index (χ1v) is 7.21. The van der Waals surface area contributed by atoms with Crippen LogP contribution in [0, 0.1) is 11.8 Å². The number of fused-ring (bicyclic) bond motifs is 1. The molecule has 110 valence electrons. The number of ether oxygens (including phenoxy) is 1. The molecule has 2 aliphatic rings. The van der Waals surface area contributed by atoms with Gasteiger partial charge in [-0.05, 0) is 30.9 Å². The molecule has 1 fully saturated rings. The number of amides is 1. The maximum Gasteiger partial charge on any atom is 0.410 e. The summed E-state index contributed by atoms with van der Waals surface area (Å²) in [5.41, 5.74) is 1.89. The molecule has 1 unspecified atom stereocenters. The molecule has 0 saturated carbocycles. The Morgan fingerprint density at radius 1 is 1.55 bits per heavy atom. The molecule has 1 amide bonds. The molecule has 0 bridgehead atoms. The van der Waals surface area contributed by atoms with E-state index in [1.54, 1.807) is 17.9 Å². The Balaban J connectivity index is 2.20. The fourth-order valence-corrected chi connectivity index (χ4v) is 2.83. The molecule has 2 rings (SSSR count). The van der Waals surface area contributed by atoms with Gasteiger partial charge in [0.25, 0.3) is 0 Å². The van der Waals surface area contributed by atoms with Gasteiger partial charge in [-0.15, -0.1) is 0 Å². The van der Waals surface area contributed by atoms with Crippen LogP contribution in [-0.4, -0.2) is 48.7 Å². The molecule has 5 nitrogen and oxygen atoms in total. The average Bonchev–Trinajstić information content (AvgIpc) is 2.37. The van der Waals surface area contributed by atoms with Crippen LogP contribution in [0.1, 0.15) is 27.2 Å². The van der Waals surface area contributed by atoms with Crippen LogP contribution in [0.5, 0.6) is 0 Å². The van der Waals surface area contributed by atoms with Gasteiger partial charge in [-0.2, -0.15) is 0 Å². The number of carbonyl (C=O) groups is 2. The minimum absolute atomic E-state index is 0.0118. The predicted octanol–water partition coefficient (Wildman–Crippen LogP) is 2.07. The Labute approximate surface area is 119 Å². The molecule has 1 atom stereocenters. The monoisotopic (exact) mass is 278 g/mol. The third-order valence-corrected chi connectivity index (χ3v) is 3.54. The molecule has 1 saturated heterocycles. The molecule has 0 aromatic rings. The van der Waals surface area contributed by atoms with Crippen molar-refractivity contribution in [3.05, 3.63) is 11.6 Å². The average molecular weight is 278 g/mol. The minimum atomic E-state index is -0.306. The first-order valence-electron chi connectivity index (χ1n) is 7.21. The van der Waals surface area contributed by atoms with Gasteiger partial charge in [0, 0.05) is 18.2 Å². The molecule has 2 aliphatic heterocycles. The molecule has 2 heterocycles. The smallest absolute Gasteiger partial charge is 0.410 e. The highest BCUT2D eigenvalue weighted by Gasteiger charge is 2.34. The maximum absolute atomic E-state index is 11.9. The lowest BCUT2D eigenvalue weighted by Crippen LogP contribution is -2.47. The molecular formula is C15H22N2O3. The first kappa shape index (κ1) is 14.8. The van der Waals surface area contributed by atoms with E-state index in [0.717, 1.165) is 17.7 Å². The van der Waals surface area contributed by atoms with Gasteiger partial charge in [0.05, 0.1) is 13.2 Å². The van der Waals surface area contributed by atoms with E-state index in [1.165, 1.54) is 0 Å². The Kier molecular flexibility index (Phi) is 4.57. The first-order chi connectivity index (χ1) is 9.51. The van der Waals surface area contributed by atoms with Crippen LogP contribution in [0.3, 0.4) is 0 Å². The van der Waals surface area contributed by atoms with E-state index >= 15 is 0 Å². The van der Waals surface area contributed by atoms with Gasteiger partial charge in [-0.1, -0.05) is 13.8 Å². The fraction of sp³-hybridized carbons (Fsp3) is 0.667. The van der Waals surface area contributed by atoms with Crippen molar-refractivity contribution in [3.8, 4) is 0 Å². The Hall–Kier alpha value is -1.65. The summed E-state index contributed by atoms with van der Waals surface area (Å²) in [6.07, 6.45) is 2.29. The van der Waals surface area contributed by atoms with E-state index in [1.807, 2.05) is 0 Å². The van der Waals surface area contributed by atoms with E-state index in [-0.39, 0.29) is 24.3 Å². The number of ketones is 1. The van der Waals surface area contributed by atoms with Crippen molar-refractivity contribution >= 4 is 17.6 Å². The van der Waals surface area contributed by atoms with Crippen molar-refractivity contribution in [1.29, 1.82) is 0 Å². The third kappa shape index (κ3) is 3.26. The van der Waals surface area contributed by atoms with Gasteiger partial charge in [0.1, 0.15) is 6.54 Å². The van der Waals surface area contributed by atoms with Crippen LogP contribution in [0.4, 0.5) is 4.79 Å². The number of rotatable bonds is 3. The van der Waals surface area contributed by atoms with Gasteiger partial charge in [-0.25, -0.2) is 4.79 Å². The quantitative estimate of drug-likeness (QED) is 0.794. The Bertz CT molecular complexity index is 466. The third-order valence-electron chi connectivity index (χ3n) is 3.54. The number of hydrogen-bond donors (Lipinski definition) is 0. The van der Waals surface area contributed by atoms with Crippen molar-refractivity contribution in [2.24, 2.45) is 16.8 Å². The van der Waals surface area contributed by atoms with E-state index in [9.17, 15) is 9.59 Å². The zero-order valence-electron chi connectivity index (χ0n) is 12.4. The summed E-state index contributed by atoms with van der Waals surface area (Å²) >= 11 is 0. The number of piperidine rings is 1. The maximum atomic E-state index is 11.9. The van der Waals surface area contributed by atoms with Crippen LogP contribution in [0.2, 0.25) is 0 Å². The zero-order valence-corrected chi connectivity index (χ0v) is 12.4. The fourth-order valence-electron chi connectivity index (χ4n) is 2.83. The van der Waals surface area contributed by atoms with E-state index < -0.39 is 0 Å². The van der Waals surface area contributed by atoms with E-state index in [2.05, 4.69) is 18.8 Å². The highest BCUT2D eigenvalue weighted by Crippen LogP contribution is 2.27.